The summed E-state index contributed by atoms with van der Waals surface area (Å²) >= 11 is 0. The summed E-state index contributed by atoms with van der Waals surface area (Å²) < 4.78 is 22.4. The number of ether oxygens (including phenoxy) is 1. The quantitative estimate of drug-likeness (QED) is 0.229. The Balaban J connectivity index is 1.27. The van der Waals surface area contributed by atoms with Gasteiger partial charge in [-0.2, -0.15) is 5.10 Å². The molecule has 9 heteroatoms. The van der Waals surface area contributed by atoms with E-state index in [2.05, 4.69) is 26.1 Å². The van der Waals surface area contributed by atoms with Gasteiger partial charge in [-0.05, 0) is 82.5 Å². The first kappa shape index (κ1) is 27.5. The van der Waals surface area contributed by atoms with Crippen LogP contribution in [0.4, 0.5) is 9.18 Å². The highest BCUT2D eigenvalue weighted by molar-refractivity contribution is 5.95. The molecule has 1 aliphatic rings. The molecule has 0 atom stereocenters. The molecular weight excluding hydrogens is 531 g/mol. The van der Waals surface area contributed by atoms with Crippen molar-refractivity contribution in [1.29, 1.82) is 0 Å². The molecule has 4 aromatic heterocycles. The molecule has 0 radical (unpaired) electrons. The molecule has 0 N–H and O–H groups in total. The first-order chi connectivity index (χ1) is 20.1. The number of benzene rings is 1. The van der Waals surface area contributed by atoms with Crippen molar-refractivity contribution in [3.8, 4) is 33.5 Å². The highest BCUT2D eigenvalue weighted by Crippen LogP contribution is 2.34. The van der Waals surface area contributed by atoms with Crippen LogP contribution in [0.25, 0.3) is 44.5 Å². The molecular formula is C33H33FN6O2. The zero-order valence-corrected chi connectivity index (χ0v) is 24.2. The lowest BCUT2D eigenvalue weighted by molar-refractivity contribution is 0.0185. The summed E-state index contributed by atoms with van der Waals surface area (Å²) in [5, 5.41) is 5.52. The molecule has 214 valence electrons. The third kappa shape index (κ3) is 5.72. The van der Waals surface area contributed by atoms with Gasteiger partial charge in [0.15, 0.2) is 5.65 Å². The van der Waals surface area contributed by atoms with Crippen LogP contribution in [-0.2, 0) is 4.74 Å². The minimum Gasteiger partial charge on any atom is -0.444 e. The molecule has 1 amide bonds. The standard InChI is InChI=1S/C33H33FN6O2/c1-21-7-8-29(34)28(14-21)30-16-27(26-6-5-11-36-31(26)38-30)23-15-22(17-35-18-23)24-19-37-40(20-24)25-9-12-39(13-10-25)32(41)42-33(2,3)4/h5-8,11,14-20,25H,9-10,12-13H2,1-4H3. The smallest absolute Gasteiger partial charge is 0.410 e. The van der Waals surface area contributed by atoms with E-state index >= 15 is 0 Å². The van der Waals surface area contributed by atoms with E-state index in [4.69, 9.17) is 4.74 Å². The van der Waals surface area contributed by atoms with Crippen molar-refractivity contribution in [2.45, 2.75) is 52.2 Å². The number of aryl methyl sites for hydroxylation is 1. The summed E-state index contributed by atoms with van der Waals surface area (Å²) in [6, 6.07) is 13.0. The Labute approximate surface area is 244 Å². The summed E-state index contributed by atoms with van der Waals surface area (Å²) in [6.07, 6.45) is 10.5. The van der Waals surface area contributed by atoms with Crippen molar-refractivity contribution in [2.75, 3.05) is 13.1 Å². The van der Waals surface area contributed by atoms with E-state index in [0.29, 0.717) is 30.0 Å². The average molecular weight is 565 g/mol. The maximum atomic E-state index is 14.8. The first-order valence-corrected chi connectivity index (χ1v) is 14.1. The van der Waals surface area contributed by atoms with Crippen molar-refractivity contribution in [3.63, 3.8) is 0 Å². The second-order valence-corrected chi connectivity index (χ2v) is 11.8. The number of hydrogen-bond acceptors (Lipinski definition) is 6. The molecule has 0 bridgehead atoms. The number of halogens is 1. The number of pyridine rings is 3. The molecule has 1 aromatic carbocycles. The highest BCUT2D eigenvalue weighted by atomic mass is 19.1. The second kappa shape index (κ2) is 11.0. The van der Waals surface area contributed by atoms with E-state index in [1.165, 1.54) is 6.07 Å². The van der Waals surface area contributed by atoms with Gasteiger partial charge in [0.05, 0.1) is 17.9 Å². The van der Waals surface area contributed by atoms with Crippen LogP contribution >= 0.6 is 0 Å². The van der Waals surface area contributed by atoms with Gasteiger partial charge in [-0.15, -0.1) is 0 Å². The fraction of sp³-hybridized carbons (Fsp3) is 0.303. The number of carbonyl (C=O) groups excluding carboxylic acids is 1. The van der Waals surface area contributed by atoms with E-state index < -0.39 is 5.60 Å². The molecule has 0 aliphatic carbocycles. The molecule has 0 spiro atoms. The number of amides is 1. The maximum absolute atomic E-state index is 14.8. The zero-order valence-electron chi connectivity index (χ0n) is 24.2. The number of fused-ring (bicyclic) bond motifs is 1. The van der Waals surface area contributed by atoms with Crippen molar-refractivity contribution >= 4 is 17.1 Å². The average Bonchev–Trinajstić information content (AvgIpc) is 3.48. The van der Waals surface area contributed by atoms with Gasteiger partial charge in [0.2, 0.25) is 0 Å². The predicted molar refractivity (Wildman–Crippen MR) is 160 cm³/mol. The Morgan fingerprint density at radius 3 is 2.55 bits per heavy atom. The zero-order chi connectivity index (χ0) is 29.4. The third-order valence-corrected chi connectivity index (χ3v) is 7.46. The van der Waals surface area contributed by atoms with Crippen molar-refractivity contribution < 1.29 is 13.9 Å². The van der Waals surface area contributed by atoms with Crippen LogP contribution < -0.4 is 0 Å². The monoisotopic (exact) mass is 564 g/mol. The number of carbonyl (C=O) groups is 1. The Morgan fingerprint density at radius 1 is 0.976 bits per heavy atom. The van der Waals surface area contributed by atoms with E-state index in [9.17, 15) is 9.18 Å². The van der Waals surface area contributed by atoms with Gasteiger partial charge in [0, 0.05) is 65.5 Å². The van der Waals surface area contributed by atoms with Crippen LogP contribution in [-0.4, -0.2) is 54.4 Å². The van der Waals surface area contributed by atoms with Crippen LogP contribution in [0.2, 0.25) is 0 Å². The Morgan fingerprint density at radius 2 is 1.76 bits per heavy atom. The molecule has 0 unspecified atom stereocenters. The summed E-state index contributed by atoms with van der Waals surface area (Å²) in [5.41, 5.74) is 5.56. The van der Waals surface area contributed by atoms with Gasteiger partial charge < -0.3 is 9.64 Å². The molecule has 1 saturated heterocycles. The van der Waals surface area contributed by atoms with Crippen LogP contribution in [0.3, 0.4) is 0 Å². The predicted octanol–water partition coefficient (Wildman–Crippen LogP) is 7.24. The van der Waals surface area contributed by atoms with Crippen molar-refractivity contribution in [2.24, 2.45) is 0 Å². The Kier molecular flexibility index (Phi) is 7.18. The number of likely N-dealkylation sites (tertiary alicyclic amines) is 1. The molecule has 42 heavy (non-hydrogen) atoms. The SMILES string of the molecule is Cc1ccc(F)c(-c2cc(-c3cncc(-c4cnn(C5CCN(C(=O)OC(C)(C)C)CC5)c4)c3)c3cccnc3n2)c1. The van der Waals surface area contributed by atoms with Gasteiger partial charge in [-0.25, -0.2) is 19.2 Å². The topological polar surface area (TPSA) is 86.0 Å². The minimum absolute atomic E-state index is 0.190. The first-order valence-electron chi connectivity index (χ1n) is 14.1. The van der Waals surface area contributed by atoms with E-state index in [1.54, 1.807) is 29.4 Å². The molecule has 6 rings (SSSR count). The summed E-state index contributed by atoms with van der Waals surface area (Å²) in [4.78, 5) is 27.9. The summed E-state index contributed by atoms with van der Waals surface area (Å²) in [5.74, 6) is -0.328. The van der Waals surface area contributed by atoms with Gasteiger partial charge in [0.25, 0.3) is 0 Å². The Bertz CT molecular complexity index is 1770. The lowest BCUT2D eigenvalue weighted by Crippen LogP contribution is -2.42. The van der Waals surface area contributed by atoms with Gasteiger partial charge in [0.1, 0.15) is 11.4 Å². The molecule has 5 heterocycles. The van der Waals surface area contributed by atoms with Crippen LogP contribution in [0.1, 0.15) is 45.2 Å². The van der Waals surface area contributed by atoms with Gasteiger partial charge in [-0.1, -0.05) is 11.6 Å². The molecule has 1 aliphatic heterocycles. The normalized spacial score (nSPS) is 14.4. The van der Waals surface area contributed by atoms with E-state index in [0.717, 1.165) is 46.0 Å². The summed E-state index contributed by atoms with van der Waals surface area (Å²) in [7, 11) is 0. The largest absolute Gasteiger partial charge is 0.444 e. The maximum Gasteiger partial charge on any atom is 0.410 e. The third-order valence-electron chi connectivity index (χ3n) is 7.46. The lowest BCUT2D eigenvalue weighted by Gasteiger charge is -2.33. The van der Waals surface area contributed by atoms with Gasteiger partial charge in [-0.3, -0.25) is 9.67 Å². The molecule has 5 aromatic rings. The van der Waals surface area contributed by atoms with E-state index in [-0.39, 0.29) is 18.0 Å². The number of nitrogens with zero attached hydrogens (tertiary/aromatic N) is 6. The minimum atomic E-state index is -0.509. The number of hydrogen-bond donors (Lipinski definition) is 0. The van der Waals surface area contributed by atoms with Crippen LogP contribution in [0.15, 0.2) is 73.4 Å². The highest BCUT2D eigenvalue weighted by Gasteiger charge is 2.28. The van der Waals surface area contributed by atoms with E-state index in [1.807, 2.05) is 69.2 Å². The number of aromatic nitrogens is 5. The number of rotatable bonds is 4. The van der Waals surface area contributed by atoms with Crippen LogP contribution in [0.5, 0.6) is 0 Å². The van der Waals surface area contributed by atoms with Crippen molar-refractivity contribution in [1.82, 2.24) is 29.6 Å². The number of piperidine rings is 1. The molecule has 8 nitrogen and oxygen atoms in total. The van der Waals surface area contributed by atoms with Crippen molar-refractivity contribution in [3.05, 3.63) is 84.8 Å². The fourth-order valence-corrected chi connectivity index (χ4v) is 5.34. The Hall–Kier alpha value is -4.66. The van der Waals surface area contributed by atoms with Crippen LogP contribution in [0, 0.1) is 12.7 Å². The second-order valence-electron chi connectivity index (χ2n) is 11.8. The summed E-state index contributed by atoms with van der Waals surface area (Å²) in [6.45, 7) is 8.82. The van der Waals surface area contributed by atoms with Gasteiger partial charge >= 0.3 is 6.09 Å². The molecule has 1 fully saturated rings. The molecule has 0 saturated carbocycles. The lowest BCUT2D eigenvalue weighted by atomic mass is 9.98. The fourth-order valence-electron chi connectivity index (χ4n) is 5.34.